The van der Waals surface area contributed by atoms with E-state index in [4.69, 9.17) is 9.47 Å². The second kappa shape index (κ2) is 8.34. The van der Waals surface area contributed by atoms with Crippen molar-refractivity contribution in [2.24, 2.45) is 0 Å². The van der Waals surface area contributed by atoms with Crippen molar-refractivity contribution in [3.05, 3.63) is 29.8 Å². The van der Waals surface area contributed by atoms with Crippen molar-refractivity contribution in [3.63, 3.8) is 0 Å². The molecule has 0 unspecified atom stereocenters. The van der Waals surface area contributed by atoms with Crippen molar-refractivity contribution in [1.29, 1.82) is 0 Å². The summed E-state index contributed by atoms with van der Waals surface area (Å²) in [6.07, 6.45) is 2.10. The average molecular weight is 348 g/mol. The Bertz CT molecular complexity index is 604. The SMILES string of the molecule is CN(CC(=O)NC(C)(C)C)C(=O)c1ccccc1OC[C@@H]1CCCO1. The van der Waals surface area contributed by atoms with Crippen molar-refractivity contribution in [1.82, 2.24) is 10.2 Å². The highest BCUT2D eigenvalue weighted by Gasteiger charge is 2.22. The van der Waals surface area contributed by atoms with E-state index in [1.807, 2.05) is 26.8 Å². The molecule has 1 fully saturated rings. The molecule has 1 heterocycles. The number of rotatable bonds is 6. The van der Waals surface area contributed by atoms with E-state index in [1.54, 1.807) is 25.2 Å². The first kappa shape index (κ1) is 19.2. The van der Waals surface area contributed by atoms with Crippen LogP contribution in [0.4, 0.5) is 0 Å². The predicted octanol–water partition coefficient (Wildman–Crippen LogP) is 2.23. The molecule has 0 aliphatic carbocycles. The maximum Gasteiger partial charge on any atom is 0.257 e. The van der Waals surface area contributed by atoms with Gasteiger partial charge in [0.2, 0.25) is 5.91 Å². The summed E-state index contributed by atoms with van der Waals surface area (Å²) in [5.74, 6) is 0.0826. The maximum atomic E-state index is 12.7. The van der Waals surface area contributed by atoms with Gasteiger partial charge in [0.25, 0.3) is 5.91 Å². The predicted molar refractivity (Wildman–Crippen MR) is 95.8 cm³/mol. The molecule has 2 rings (SSSR count). The van der Waals surface area contributed by atoms with E-state index in [0.717, 1.165) is 19.4 Å². The van der Waals surface area contributed by atoms with Crippen molar-refractivity contribution in [2.75, 3.05) is 26.8 Å². The summed E-state index contributed by atoms with van der Waals surface area (Å²) < 4.78 is 11.4. The third-order valence-electron chi connectivity index (χ3n) is 3.81. The van der Waals surface area contributed by atoms with Crippen LogP contribution in [0.3, 0.4) is 0 Å². The van der Waals surface area contributed by atoms with Gasteiger partial charge >= 0.3 is 0 Å². The Morgan fingerprint density at radius 3 is 2.68 bits per heavy atom. The third-order valence-corrected chi connectivity index (χ3v) is 3.81. The van der Waals surface area contributed by atoms with Gasteiger partial charge in [-0.25, -0.2) is 0 Å². The smallest absolute Gasteiger partial charge is 0.257 e. The first-order valence-corrected chi connectivity index (χ1v) is 8.66. The van der Waals surface area contributed by atoms with Crippen LogP contribution in [0.2, 0.25) is 0 Å². The molecule has 25 heavy (non-hydrogen) atoms. The molecule has 1 N–H and O–H groups in total. The Morgan fingerprint density at radius 1 is 1.32 bits per heavy atom. The summed E-state index contributed by atoms with van der Waals surface area (Å²) >= 11 is 0. The number of nitrogens with zero attached hydrogens (tertiary/aromatic N) is 1. The third kappa shape index (κ3) is 6.05. The molecule has 0 saturated carbocycles. The van der Waals surface area contributed by atoms with Gasteiger partial charge in [-0.3, -0.25) is 9.59 Å². The number of hydrogen-bond acceptors (Lipinski definition) is 4. The van der Waals surface area contributed by atoms with E-state index >= 15 is 0 Å². The molecular formula is C19H28N2O4. The van der Waals surface area contributed by atoms with Crippen LogP contribution >= 0.6 is 0 Å². The Kier molecular flexibility index (Phi) is 6.42. The molecule has 6 nitrogen and oxygen atoms in total. The van der Waals surface area contributed by atoms with E-state index in [0.29, 0.717) is 17.9 Å². The Morgan fingerprint density at radius 2 is 2.04 bits per heavy atom. The van der Waals surface area contributed by atoms with Crippen LogP contribution in [0.15, 0.2) is 24.3 Å². The molecule has 0 radical (unpaired) electrons. The van der Waals surface area contributed by atoms with Gasteiger partial charge in [0.15, 0.2) is 0 Å². The zero-order valence-corrected chi connectivity index (χ0v) is 15.5. The van der Waals surface area contributed by atoms with Gasteiger partial charge in [-0.05, 0) is 45.7 Å². The molecule has 6 heteroatoms. The van der Waals surface area contributed by atoms with Crippen LogP contribution in [0.1, 0.15) is 44.0 Å². The first-order valence-electron chi connectivity index (χ1n) is 8.66. The Hall–Kier alpha value is -2.08. The number of benzene rings is 1. The summed E-state index contributed by atoms with van der Waals surface area (Å²) in [4.78, 5) is 26.1. The molecule has 1 aromatic carbocycles. The molecule has 2 amide bonds. The fourth-order valence-corrected chi connectivity index (χ4v) is 2.68. The van der Waals surface area contributed by atoms with E-state index < -0.39 is 0 Å². The van der Waals surface area contributed by atoms with Crippen molar-refractivity contribution >= 4 is 11.8 Å². The van der Waals surface area contributed by atoms with E-state index in [2.05, 4.69) is 5.32 Å². The molecule has 138 valence electrons. The van der Waals surface area contributed by atoms with Crippen LogP contribution in [-0.4, -0.2) is 55.2 Å². The lowest BCUT2D eigenvalue weighted by Gasteiger charge is -2.24. The zero-order valence-electron chi connectivity index (χ0n) is 15.5. The van der Waals surface area contributed by atoms with Gasteiger partial charge in [-0.1, -0.05) is 12.1 Å². The average Bonchev–Trinajstić information content (AvgIpc) is 3.04. The van der Waals surface area contributed by atoms with E-state index in [9.17, 15) is 9.59 Å². The minimum Gasteiger partial charge on any atom is -0.490 e. The molecule has 1 aliphatic heterocycles. The molecule has 1 saturated heterocycles. The van der Waals surface area contributed by atoms with Gasteiger partial charge in [-0.2, -0.15) is 0 Å². The quantitative estimate of drug-likeness (QED) is 0.856. The molecule has 1 aromatic rings. The van der Waals surface area contributed by atoms with E-state index in [-0.39, 0.29) is 30.0 Å². The summed E-state index contributed by atoms with van der Waals surface area (Å²) in [5.41, 5.74) is 0.120. The Labute approximate surface area is 149 Å². The molecule has 0 bridgehead atoms. The minimum absolute atomic E-state index is 0.00380. The lowest BCUT2D eigenvalue weighted by atomic mass is 10.1. The summed E-state index contributed by atoms with van der Waals surface area (Å²) in [5, 5.41) is 2.85. The normalized spacial score (nSPS) is 17.2. The number of ether oxygens (including phenoxy) is 2. The topological polar surface area (TPSA) is 67.9 Å². The van der Waals surface area contributed by atoms with Crippen LogP contribution in [0, 0.1) is 0 Å². The fraction of sp³-hybridized carbons (Fsp3) is 0.579. The molecule has 0 aromatic heterocycles. The second-order valence-corrected chi connectivity index (χ2v) is 7.40. The summed E-state index contributed by atoms with van der Waals surface area (Å²) in [6, 6.07) is 7.10. The standard InChI is InChI=1S/C19H28N2O4/c1-19(2,3)20-17(22)12-21(4)18(23)15-9-5-6-10-16(15)25-13-14-8-7-11-24-14/h5-6,9-10,14H,7-8,11-13H2,1-4H3,(H,20,22)/t14-/m0/s1. The molecule has 1 aliphatic rings. The van der Waals surface area contributed by atoms with Gasteiger partial charge in [0.05, 0.1) is 18.2 Å². The van der Waals surface area contributed by atoms with Gasteiger partial charge in [-0.15, -0.1) is 0 Å². The lowest BCUT2D eigenvalue weighted by molar-refractivity contribution is -0.122. The number of hydrogen-bond donors (Lipinski definition) is 1. The number of nitrogens with one attached hydrogen (secondary N) is 1. The van der Waals surface area contributed by atoms with Crippen LogP contribution in [0.25, 0.3) is 0 Å². The van der Waals surface area contributed by atoms with Crippen LogP contribution in [-0.2, 0) is 9.53 Å². The number of likely N-dealkylation sites (N-methyl/N-ethyl adjacent to an activating group) is 1. The molecule has 1 atom stereocenters. The fourth-order valence-electron chi connectivity index (χ4n) is 2.68. The number of para-hydroxylation sites is 1. The van der Waals surface area contributed by atoms with Gasteiger partial charge < -0.3 is 19.7 Å². The minimum atomic E-state index is -0.330. The maximum absolute atomic E-state index is 12.7. The van der Waals surface area contributed by atoms with Gasteiger partial charge in [0, 0.05) is 19.2 Å². The lowest BCUT2D eigenvalue weighted by Crippen LogP contribution is -2.46. The number of carbonyl (C=O) groups is 2. The van der Waals surface area contributed by atoms with Crippen LogP contribution in [0.5, 0.6) is 5.75 Å². The van der Waals surface area contributed by atoms with Crippen molar-refractivity contribution in [2.45, 2.75) is 45.3 Å². The first-order chi connectivity index (χ1) is 11.8. The summed E-state index contributed by atoms with van der Waals surface area (Å²) in [7, 11) is 1.61. The number of carbonyl (C=O) groups excluding carboxylic acids is 2. The zero-order chi connectivity index (χ0) is 18.4. The van der Waals surface area contributed by atoms with Gasteiger partial charge in [0.1, 0.15) is 12.4 Å². The molecule has 0 spiro atoms. The Balaban J connectivity index is 1.99. The van der Waals surface area contributed by atoms with E-state index in [1.165, 1.54) is 4.90 Å². The summed E-state index contributed by atoms with van der Waals surface area (Å²) in [6.45, 7) is 6.90. The number of amides is 2. The second-order valence-electron chi connectivity index (χ2n) is 7.40. The largest absolute Gasteiger partial charge is 0.490 e. The highest BCUT2D eigenvalue weighted by Crippen LogP contribution is 2.21. The van der Waals surface area contributed by atoms with Crippen molar-refractivity contribution in [3.8, 4) is 5.75 Å². The van der Waals surface area contributed by atoms with Crippen molar-refractivity contribution < 1.29 is 19.1 Å². The van der Waals surface area contributed by atoms with Crippen LogP contribution < -0.4 is 10.1 Å². The highest BCUT2D eigenvalue weighted by molar-refractivity contribution is 5.98. The monoisotopic (exact) mass is 348 g/mol. The highest BCUT2D eigenvalue weighted by atomic mass is 16.5. The molecular weight excluding hydrogens is 320 g/mol.